The van der Waals surface area contributed by atoms with Crippen LogP contribution in [0.3, 0.4) is 0 Å². The molecule has 1 atom stereocenters. The number of hydrogen-bond acceptors (Lipinski definition) is 3. The molecule has 3 aromatic rings. The van der Waals surface area contributed by atoms with E-state index in [1.54, 1.807) is 49.4 Å². The van der Waals surface area contributed by atoms with Gasteiger partial charge in [-0.15, -0.1) is 0 Å². The quantitative estimate of drug-likeness (QED) is 0.717. The number of aliphatic hydroxyl groups is 1. The lowest BCUT2D eigenvalue weighted by molar-refractivity contribution is 0.0681. The van der Waals surface area contributed by atoms with Crippen LogP contribution >= 0.6 is 0 Å². The molecule has 1 amide bonds. The Kier molecular flexibility index (Phi) is 5.89. The summed E-state index contributed by atoms with van der Waals surface area (Å²) in [5.74, 6) is 0.605. The maximum atomic E-state index is 12.8. The van der Waals surface area contributed by atoms with E-state index in [1.807, 2.05) is 48.5 Å². The smallest absolute Gasteiger partial charge is 0.253 e. The number of carbonyl (C=O) groups excluding carboxylic acids is 1. The lowest BCUT2D eigenvalue weighted by atomic mass is 10.0. The maximum absolute atomic E-state index is 12.8. The van der Waals surface area contributed by atoms with Gasteiger partial charge in [-0.1, -0.05) is 54.6 Å². The maximum Gasteiger partial charge on any atom is 0.253 e. The lowest BCUT2D eigenvalue weighted by Gasteiger charge is -2.21. The Hall–Kier alpha value is -3.11. The van der Waals surface area contributed by atoms with Crippen LogP contribution in [0.5, 0.6) is 5.75 Å². The summed E-state index contributed by atoms with van der Waals surface area (Å²) in [6.07, 6.45) is -0.762. The normalized spacial score (nSPS) is 11.7. The summed E-state index contributed by atoms with van der Waals surface area (Å²) >= 11 is 0. The van der Waals surface area contributed by atoms with Gasteiger partial charge in [0.1, 0.15) is 5.75 Å². The van der Waals surface area contributed by atoms with E-state index in [4.69, 9.17) is 4.74 Å². The standard InChI is InChI=1S/C23H23NO3/c1-24(16-22(25)18-11-13-21(27-2)14-12-18)23(26)20-10-6-9-19(15-20)17-7-4-3-5-8-17/h3-15,22,25H,16H2,1-2H3. The van der Waals surface area contributed by atoms with Gasteiger partial charge in [0.05, 0.1) is 19.8 Å². The van der Waals surface area contributed by atoms with Crippen LogP contribution in [-0.2, 0) is 0 Å². The molecule has 1 unspecified atom stereocenters. The van der Waals surface area contributed by atoms with Gasteiger partial charge in [-0.25, -0.2) is 0 Å². The number of rotatable bonds is 6. The highest BCUT2D eigenvalue weighted by molar-refractivity contribution is 5.95. The minimum Gasteiger partial charge on any atom is -0.497 e. The highest BCUT2D eigenvalue weighted by Gasteiger charge is 2.17. The molecule has 0 radical (unpaired) electrons. The third-order valence-corrected chi connectivity index (χ3v) is 4.51. The molecule has 0 aliphatic heterocycles. The van der Waals surface area contributed by atoms with Gasteiger partial charge < -0.3 is 14.7 Å². The summed E-state index contributed by atoms with van der Waals surface area (Å²) in [6.45, 7) is 0.209. The third-order valence-electron chi connectivity index (χ3n) is 4.51. The number of amides is 1. The van der Waals surface area contributed by atoms with Gasteiger partial charge in [-0.05, 0) is 41.0 Å². The first-order chi connectivity index (χ1) is 13.1. The van der Waals surface area contributed by atoms with Gasteiger partial charge in [0.2, 0.25) is 0 Å². The Morgan fingerprint density at radius 1 is 0.963 bits per heavy atom. The molecule has 3 aromatic carbocycles. The lowest BCUT2D eigenvalue weighted by Crippen LogP contribution is -2.31. The topological polar surface area (TPSA) is 49.8 Å². The fourth-order valence-corrected chi connectivity index (χ4v) is 2.96. The predicted molar refractivity (Wildman–Crippen MR) is 107 cm³/mol. The van der Waals surface area contributed by atoms with Gasteiger partial charge >= 0.3 is 0 Å². The van der Waals surface area contributed by atoms with Crippen molar-refractivity contribution in [2.75, 3.05) is 20.7 Å². The van der Waals surface area contributed by atoms with E-state index in [9.17, 15) is 9.90 Å². The SMILES string of the molecule is COc1ccc(C(O)CN(C)C(=O)c2cccc(-c3ccccc3)c2)cc1. The molecule has 4 nitrogen and oxygen atoms in total. The second kappa shape index (κ2) is 8.52. The number of benzene rings is 3. The largest absolute Gasteiger partial charge is 0.497 e. The summed E-state index contributed by atoms with van der Waals surface area (Å²) in [7, 11) is 3.30. The molecular formula is C23H23NO3. The van der Waals surface area contributed by atoms with E-state index < -0.39 is 6.10 Å². The number of methoxy groups -OCH3 is 1. The minimum absolute atomic E-state index is 0.125. The Labute approximate surface area is 159 Å². The number of aliphatic hydroxyl groups excluding tert-OH is 1. The van der Waals surface area contributed by atoms with E-state index in [2.05, 4.69) is 0 Å². The van der Waals surface area contributed by atoms with Crippen molar-refractivity contribution in [3.05, 3.63) is 90.0 Å². The highest BCUT2D eigenvalue weighted by atomic mass is 16.5. The number of likely N-dealkylation sites (N-methyl/N-ethyl adjacent to an activating group) is 1. The number of carbonyl (C=O) groups is 1. The Bertz CT molecular complexity index is 891. The van der Waals surface area contributed by atoms with Crippen molar-refractivity contribution in [3.63, 3.8) is 0 Å². The average Bonchev–Trinajstić information content (AvgIpc) is 2.74. The van der Waals surface area contributed by atoms with Crippen molar-refractivity contribution < 1.29 is 14.6 Å². The van der Waals surface area contributed by atoms with Crippen LogP contribution in [0.15, 0.2) is 78.9 Å². The summed E-state index contributed by atoms with van der Waals surface area (Å²) < 4.78 is 5.13. The second-order valence-electron chi connectivity index (χ2n) is 6.42. The van der Waals surface area contributed by atoms with Gasteiger partial charge in [0.15, 0.2) is 0 Å². The molecule has 3 rings (SSSR count). The van der Waals surface area contributed by atoms with Gasteiger partial charge in [-0.3, -0.25) is 4.79 Å². The summed E-state index contributed by atoms with van der Waals surface area (Å²) in [6, 6.07) is 24.7. The first kappa shape index (κ1) is 18.7. The van der Waals surface area contributed by atoms with Crippen LogP contribution in [0, 0.1) is 0 Å². The average molecular weight is 361 g/mol. The molecule has 0 aliphatic rings. The molecule has 0 bridgehead atoms. The minimum atomic E-state index is -0.762. The fourth-order valence-electron chi connectivity index (χ4n) is 2.96. The van der Waals surface area contributed by atoms with Crippen molar-refractivity contribution in [2.45, 2.75) is 6.10 Å². The number of hydrogen-bond donors (Lipinski definition) is 1. The zero-order valence-corrected chi connectivity index (χ0v) is 15.5. The first-order valence-electron chi connectivity index (χ1n) is 8.81. The van der Waals surface area contributed by atoms with Crippen molar-refractivity contribution in [2.24, 2.45) is 0 Å². The molecule has 1 N–H and O–H groups in total. The first-order valence-corrected chi connectivity index (χ1v) is 8.81. The molecule has 0 saturated carbocycles. The predicted octanol–water partition coefficient (Wildman–Crippen LogP) is 4.17. The zero-order chi connectivity index (χ0) is 19.2. The van der Waals surface area contributed by atoms with Gasteiger partial charge in [-0.2, -0.15) is 0 Å². The molecule has 0 saturated heterocycles. The van der Waals surface area contributed by atoms with Crippen molar-refractivity contribution in [1.82, 2.24) is 4.90 Å². The van der Waals surface area contributed by atoms with Crippen molar-refractivity contribution in [1.29, 1.82) is 0 Å². The molecule has 0 fully saturated rings. The van der Waals surface area contributed by atoms with Crippen LogP contribution < -0.4 is 4.74 Å². The van der Waals surface area contributed by atoms with Crippen LogP contribution in [0.1, 0.15) is 22.0 Å². The number of nitrogens with zero attached hydrogens (tertiary/aromatic N) is 1. The van der Waals surface area contributed by atoms with Crippen LogP contribution in [-0.4, -0.2) is 36.6 Å². The molecule has 4 heteroatoms. The Balaban J connectivity index is 1.71. The molecular weight excluding hydrogens is 338 g/mol. The Morgan fingerprint density at radius 2 is 1.63 bits per heavy atom. The second-order valence-corrected chi connectivity index (χ2v) is 6.42. The molecule has 0 heterocycles. The highest BCUT2D eigenvalue weighted by Crippen LogP contribution is 2.22. The van der Waals surface area contributed by atoms with E-state index in [0.717, 1.165) is 22.4 Å². The van der Waals surface area contributed by atoms with E-state index >= 15 is 0 Å². The van der Waals surface area contributed by atoms with Gasteiger partial charge in [0, 0.05) is 12.6 Å². The van der Waals surface area contributed by atoms with E-state index in [-0.39, 0.29) is 12.5 Å². The fraction of sp³-hybridized carbons (Fsp3) is 0.174. The third kappa shape index (κ3) is 4.54. The molecule has 27 heavy (non-hydrogen) atoms. The molecule has 138 valence electrons. The summed E-state index contributed by atoms with van der Waals surface area (Å²) in [5.41, 5.74) is 3.40. The van der Waals surface area contributed by atoms with E-state index in [0.29, 0.717) is 5.56 Å². The van der Waals surface area contributed by atoms with Gasteiger partial charge in [0.25, 0.3) is 5.91 Å². The van der Waals surface area contributed by atoms with Crippen LogP contribution in [0.4, 0.5) is 0 Å². The summed E-state index contributed by atoms with van der Waals surface area (Å²) in [4.78, 5) is 14.3. The van der Waals surface area contributed by atoms with Crippen LogP contribution in [0.2, 0.25) is 0 Å². The van der Waals surface area contributed by atoms with Crippen molar-refractivity contribution in [3.8, 4) is 16.9 Å². The van der Waals surface area contributed by atoms with Crippen molar-refractivity contribution >= 4 is 5.91 Å². The number of ether oxygens (including phenoxy) is 1. The molecule has 0 aromatic heterocycles. The Morgan fingerprint density at radius 3 is 2.30 bits per heavy atom. The molecule has 0 aliphatic carbocycles. The van der Waals surface area contributed by atoms with Crippen LogP contribution in [0.25, 0.3) is 11.1 Å². The zero-order valence-electron chi connectivity index (χ0n) is 15.5. The molecule has 0 spiro atoms. The van der Waals surface area contributed by atoms with E-state index in [1.165, 1.54) is 0 Å². The summed E-state index contributed by atoms with van der Waals surface area (Å²) in [5, 5.41) is 10.4. The monoisotopic (exact) mass is 361 g/mol.